The van der Waals surface area contributed by atoms with Crippen LogP contribution in [-0.2, 0) is 9.53 Å². The number of hydrogen-bond acceptors (Lipinski definition) is 4. The van der Waals surface area contributed by atoms with Crippen LogP contribution in [0.15, 0.2) is 24.3 Å². The lowest BCUT2D eigenvalue weighted by atomic mass is 10.0. The van der Waals surface area contributed by atoms with Gasteiger partial charge in [0.1, 0.15) is 5.75 Å². The fourth-order valence-corrected chi connectivity index (χ4v) is 2.13. The van der Waals surface area contributed by atoms with Gasteiger partial charge >= 0.3 is 0 Å². The SMILES string of the molecule is COCCNC(=O)CNC1CCOc2ccccc21. The Hall–Kier alpha value is -1.59. The zero-order valence-electron chi connectivity index (χ0n) is 11.1. The quantitative estimate of drug-likeness (QED) is 0.748. The highest BCUT2D eigenvalue weighted by atomic mass is 16.5. The zero-order chi connectivity index (χ0) is 13.5. The first-order chi connectivity index (χ1) is 9.31. The van der Waals surface area contributed by atoms with E-state index in [2.05, 4.69) is 10.6 Å². The van der Waals surface area contributed by atoms with Crippen LogP contribution in [0.1, 0.15) is 18.0 Å². The summed E-state index contributed by atoms with van der Waals surface area (Å²) >= 11 is 0. The van der Waals surface area contributed by atoms with Crippen molar-refractivity contribution in [3.05, 3.63) is 29.8 Å². The summed E-state index contributed by atoms with van der Waals surface area (Å²) in [4.78, 5) is 11.6. The van der Waals surface area contributed by atoms with Crippen molar-refractivity contribution in [3.63, 3.8) is 0 Å². The van der Waals surface area contributed by atoms with E-state index < -0.39 is 0 Å². The second-order valence-electron chi connectivity index (χ2n) is 4.45. The van der Waals surface area contributed by atoms with Crippen molar-refractivity contribution >= 4 is 5.91 Å². The van der Waals surface area contributed by atoms with Crippen molar-refractivity contribution in [2.24, 2.45) is 0 Å². The molecule has 0 bridgehead atoms. The molecule has 1 atom stereocenters. The molecule has 5 heteroatoms. The largest absolute Gasteiger partial charge is 0.493 e. The Morgan fingerprint density at radius 3 is 3.16 bits per heavy atom. The zero-order valence-corrected chi connectivity index (χ0v) is 11.1. The third-order valence-corrected chi connectivity index (χ3v) is 3.10. The van der Waals surface area contributed by atoms with Crippen LogP contribution in [0.5, 0.6) is 5.75 Å². The third kappa shape index (κ3) is 3.94. The summed E-state index contributed by atoms with van der Waals surface area (Å²) < 4.78 is 10.5. The highest BCUT2D eigenvalue weighted by molar-refractivity contribution is 5.78. The molecule has 1 aliphatic heterocycles. The number of fused-ring (bicyclic) bond motifs is 1. The molecule has 0 saturated carbocycles. The van der Waals surface area contributed by atoms with Gasteiger partial charge in [0.2, 0.25) is 5.91 Å². The number of ether oxygens (including phenoxy) is 2. The van der Waals surface area contributed by atoms with E-state index in [1.165, 1.54) is 0 Å². The first-order valence-corrected chi connectivity index (χ1v) is 6.52. The first-order valence-electron chi connectivity index (χ1n) is 6.52. The average molecular weight is 264 g/mol. The van der Waals surface area contributed by atoms with Crippen LogP contribution in [0.4, 0.5) is 0 Å². The second-order valence-corrected chi connectivity index (χ2v) is 4.45. The number of carbonyl (C=O) groups excluding carboxylic acids is 1. The van der Waals surface area contributed by atoms with E-state index in [1.807, 2.05) is 24.3 Å². The van der Waals surface area contributed by atoms with Crippen molar-refractivity contribution in [2.75, 3.05) is 33.4 Å². The molecule has 19 heavy (non-hydrogen) atoms. The molecule has 0 aliphatic carbocycles. The molecule has 1 aromatic rings. The van der Waals surface area contributed by atoms with Crippen molar-refractivity contribution in [3.8, 4) is 5.75 Å². The Balaban J connectivity index is 1.82. The van der Waals surface area contributed by atoms with E-state index in [1.54, 1.807) is 7.11 Å². The van der Waals surface area contributed by atoms with Crippen molar-refractivity contribution in [1.82, 2.24) is 10.6 Å². The molecule has 1 amide bonds. The van der Waals surface area contributed by atoms with Gasteiger partial charge < -0.3 is 20.1 Å². The molecule has 1 unspecified atom stereocenters. The summed E-state index contributed by atoms with van der Waals surface area (Å²) in [5, 5.41) is 6.06. The third-order valence-electron chi connectivity index (χ3n) is 3.10. The molecule has 0 fully saturated rings. The number of methoxy groups -OCH3 is 1. The molecule has 0 saturated heterocycles. The molecule has 0 aromatic heterocycles. The summed E-state index contributed by atoms with van der Waals surface area (Å²) in [7, 11) is 1.61. The Kier molecular flexibility index (Phi) is 5.18. The first kappa shape index (κ1) is 13.8. The minimum atomic E-state index is -0.0129. The van der Waals surface area contributed by atoms with E-state index >= 15 is 0 Å². The number of amides is 1. The van der Waals surface area contributed by atoms with Crippen LogP contribution < -0.4 is 15.4 Å². The number of benzene rings is 1. The Morgan fingerprint density at radius 1 is 1.47 bits per heavy atom. The monoisotopic (exact) mass is 264 g/mol. The van der Waals surface area contributed by atoms with Crippen LogP contribution in [-0.4, -0.2) is 39.3 Å². The second kappa shape index (κ2) is 7.11. The van der Waals surface area contributed by atoms with Gasteiger partial charge in [-0.25, -0.2) is 0 Å². The summed E-state index contributed by atoms with van der Waals surface area (Å²) in [6, 6.07) is 8.12. The molecule has 2 N–H and O–H groups in total. The summed E-state index contributed by atoms with van der Waals surface area (Å²) in [5.74, 6) is 0.895. The van der Waals surface area contributed by atoms with Crippen LogP contribution in [0.3, 0.4) is 0 Å². The van der Waals surface area contributed by atoms with Gasteiger partial charge in [-0.3, -0.25) is 4.79 Å². The van der Waals surface area contributed by atoms with Gasteiger partial charge in [-0.15, -0.1) is 0 Å². The Bertz CT molecular complexity index is 423. The van der Waals surface area contributed by atoms with Crippen molar-refractivity contribution < 1.29 is 14.3 Å². The molecule has 1 heterocycles. The molecule has 0 spiro atoms. The maximum Gasteiger partial charge on any atom is 0.234 e. The van der Waals surface area contributed by atoms with Gasteiger partial charge in [0.25, 0.3) is 0 Å². The highest BCUT2D eigenvalue weighted by Crippen LogP contribution is 2.31. The van der Waals surface area contributed by atoms with E-state index in [0.29, 0.717) is 26.3 Å². The molecule has 1 aromatic carbocycles. The number of hydrogen-bond donors (Lipinski definition) is 2. The van der Waals surface area contributed by atoms with E-state index in [4.69, 9.17) is 9.47 Å². The van der Waals surface area contributed by atoms with Crippen LogP contribution >= 0.6 is 0 Å². The summed E-state index contributed by atoms with van der Waals surface area (Å²) in [6.45, 7) is 2.07. The molecule has 1 aliphatic rings. The minimum absolute atomic E-state index is 0.0129. The van der Waals surface area contributed by atoms with Gasteiger partial charge in [-0.1, -0.05) is 18.2 Å². The fourth-order valence-electron chi connectivity index (χ4n) is 2.13. The maximum absolute atomic E-state index is 11.6. The van der Waals surface area contributed by atoms with E-state index in [0.717, 1.165) is 17.7 Å². The van der Waals surface area contributed by atoms with Crippen LogP contribution in [0, 0.1) is 0 Å². The molecule has 2 rings (SSSR count). The normalized spacial score (nSPS) is 17.4. The predicted molar refractivity (Wildman–Crippen MR) is 72.2 cm³/mol. The number of carbonyl (C=O) groups is 1. The molecular formula is C14H20N2O3. The van der Waals surface area contributed by atoms with Crippen molar-refractivity contribution in [1.29, 1.82) is 0 Å². The van der Waals surface area contributed by atoms with E-state index in [9.17, 15) is 4.79 Å². The maximum atomic E-state index is 11.6. The van der Waals surface area contributed by atoms with Gasteiger partial charge in [0, 0.05) is 31.7 Å². The van der Waals surface area contributed by atoms with Gasteiger partial charge in [0.05, 0.1) is 19.8 Å². The van der Waals surface area contributed by atoms with Gasteiger partial charge in [0.15, 0.2) is 0 Å². The fraction of sp³-hybridized carbons (Fsp3) is 0.500. The summed E-state index contributed by atoms with van der Waals surface area (Å²) in [5.41, 5.74) is 1.12. The van der Waals surface area contributed by atoms with Crippen molar-refractivity contribution in [2.45, 2.75) is 12.5 Å². The van der Waals surface area contributed by atoms with Gasteiger partial charge in [-0.2, -0.15) is 0 Å². The number of para-hydroxylation sites is 1. The molecule has 5 nitrogen and oxygen atoms in total. The lowest BCUT2D eigenvalue weighted by Gasteiger charge is -2.26. The smallest absolute Gasteiger partial charge is 0.234 e. The predicted octanol–water partition coefficient (Wildman–Crippen LogP) is 0.862. The summed E-state index contributed by atoms with van der Waals surface area (Å²) in [6.07, 6.45) is 0.877. The van der Waals surface area contributed by atoms with Gasteiger partial charge in [-0.05, 0) is 6.07 Å². The standard InChI is InChI=1S/C14H20N2O3/c1-18-9-7-15-14(17)10-16-12-6-8-19-13-5-3-2-4-11(12)13/h2-5,12,16H,6-10H2,1H3,(H,15,17). The molecule has 0 radical (unpaired) electrons. The lowest BCUT2D eigenvalue weighted by molar-refractivity contribution is -0.120. The lowest BCUT2D eigenvalue weighted by Crippen LogP contribution is -2.38. The average Bonchev–Trinajstić information content (AvgIpc) is 2.45. The highest BCUT2D eigenvalue weighted by Gasteiger charge is 2.20. The van der Waals surface area contributed by atoms with E-state index in [-0.39, 0.29) is 11.9 Å². The molecule has 104 valence electrons. The Labute approximate surface area is 113 Å². The molecular weight excluding hydrogens is 244 g/mol. The van der Waals surface area contributed by atoms with Crippen LogP contribution in [0.25, 0.3) is 0 Å². The number of nitrogens with one attached hydrogen (secondary N) is 2. The Morgan fingerprint density at radius 2 is 2.32 bits per heavy atom. The van der Waals surface area contributed by atoms with Crippen LogP contribution in [0.2, 0.25) is 0 Å². The number of rotatable bonds is 6. The minimum Gasteiger partial charge on any atom is -0.493 e. The topological polar surface area (TPSA) is 59.6 Å².